The summed E-state index contributed by atoms with van der Waals surface area (Å²) < 4.78 is 23.3. The molecule has 8 heteroatoms. The van der Waals surface area contributed by atoms with E-state index in [0.717, 1.165) is 6.42 Å². The molecule has 26 heavy (non-hydrogen) atoms. The fourth-order valence-electron chi connectivity index (χ4n) is 2.90. The maximum Gasteiger partial charge on any atom is 0.311 e. The fraction of sp³-hybridized carbons (Fsp3) is 0.444. The highest BCUT2D eigenvalue weighted by molar-refractivity contribution is 5.78. The highest BCUT2D eigenvalue weighted by Crippen LogP contribution is 2.20. The number of hydrogen-bond acceptors (Lipinski definition) is 6. The largest absolute Gasteiger partial charge is 0.457 e. The van der Waals surface area contributed by atoms with Gasteiger partial charge in [0.1, 0.15) is 5.82 Å². The monoisotopic (exact) mass is 361 g/mol. The van der Waals surface area contributed by atoms with Crippen LogP contribution in [0.25, 0.3) is 11.5 Å². The van der Waals surface area contributed by atoms with E-state index in [9.17, 15) is 14.0 Å². The number of carbonyl (C=O) groups excluding carboxylic acids is 2. The van der Waals surface area contributed by atoms with Gasteiger partial charge in [-0.15, -0.1) is 0 Å². The molecule has 0 bridgehead atoms. The van der Waals surface area contributed by atoms with Crippen LogP contribution < -0.4 is 0 Å². The second-order valence-electron chi connectivity index (χ2n) is 6.16. The molecule has 1 amide bonds. The van der Waals surface area contributed by atoms with Gasteiger partial charge in [-0.3, -0.25) is 9.59 Å². The molecule has 3 rings (SSSR count). The summed E-state index contributed by atoms with van der Waals surface area (Å²) in [4.78, 5) is 29.9. The molecule has 1 aromatic carbocycles. The Hall–Kier alpha value is -2.77. The van der Waals surface area contributed by atoms with Crippen LogP contribution in [0.2, 0.25) is 0 Å². The molecule has 2 heterocycles. The van der Waals surface area contributed by atoms with E-state index < -0.39 is 0 Å². The summed E-state index contributed by atoms with van der Waals surface area (Å²) in [6, 6.07) is 5.65. The number of rotatable bonds is 5. The van der Waals surface area contributed by atoms with Crippen molar-refractivity contribution in [2.45, 2.75) is 32.8 Å². The molecule has 0 radical (unpaired) electrons. The summed E-state index contributed by atoms with van der Waals surface area (Å²) in [5.41, 5.74) is 0.581. The van der Waals surface area contributed by atoms with Gasteiger partial charge < -0.3 is 14.2 Å². The zero-order valence-corrected chi connectivity index (χ0v) is 14.5. The first-order valence-corrected chi connectivity index (χ1v) is 8.59. The Labute approximate surface area is 150 Å². The zero-order valence-electron chi connectivity index (χ0n) is 14.5. The van der Waals surface area contributed by atoms with Crippen molar-refractivity contribution in [3.05, 3.63) is 35.9 Å². The fourth-order valence-corrected chi connectivity index (χ4v) is 2.90. The molecular weight excluding hydrogens is 341 g/mol. The van der Waals surface area contributed by atoms with Crippen molar-refractivity contribution >= 4 is 11.9 Å². The second kappa shape index (κ2) is 8.07. The van der Waals surface area contributed by atoms with Gasteiger partial charge in [0.15, 0.2) is 6.61 Å². The quantitative estimate of drug-likeness (QED) is 0.761. The van der Waals surface area contributed by atoms with Gasteiger partial charge in [-0.25, -0.2) is 4.39 Å². The number of ether oxygens (including phenoxy) is 1. The number of hydrogen-bond donors (Lipinski definition) is 0. The third-order valence-corrected chi connectivity index (χ3v) is 4.31. The molecule has 2 aromatic rings. The molecule has 1 aliphatic heterocycles. The van der Waals surface area contributed by atoms with Gasteiger partial charge in [-0.1, -0.05) is 12.1 Å². The highest BCUT2D eigenvalue weighted by atomic mass is 19.1. The van der Waals surface area contributed by atoms with E-state index in [1.165, 1.54) is 24.3 Å². The number of esters is 1. The van der Waals surface area contributed by atoms with Crippen LogP contribution in [0.1, 0.15) is 32.0 Å². The van der Waals surface area contributed by atoms with Crippen LogP contribution in [-0.4, -0.2) is 40.0 Å². The standard InChI is InChI=1S/C18H20FN3O4/c1-2-16(23)22-9-3-4-13(10-22)18(24)25-11-15-20-17(26-21-15)12-5-7-14(19)8-6-12/h5-8,13H,2-4,9-11H2,1H3. The smallest absolute Gasteiger partial charge is 0.311 e. The van der Waals surface area contributed by atoms with Gasteiger partial charge in [0.25, 0.3) is 5.89 Å². The minimum Gasteiger partial charge on any atom is -0.457 e. The Morgan fingerprint density at radius 1 is 1.35 bits per heavy atom. The van der Waals surface area contributed by atoms with Crippen molar-refractivity contribution in [3.8, 4) is 11.5 Å². The summed E-state index contributed by atoms with van der Waals surface area (Å²) in [7, 11) is 0. The molecule has 7 nitrogen and oxygen atoms in total. The molecule has 1 atom stereocenters. The molecule has 0 aliphatic carbocycles. The normalized spacial score (nSPS) is 17.2. The molecule has 1 unspecified atom stereocenters. The lowest BCUT2D eigenvalue weighted by molar-refractivity contribution is -0.153. The second-order valence-corrected chi connectivity index (χ2v) is 6.16. The Bertz CT molecular complexity index is 775. The van der Waals surface area contributed by atoms with Gasteiger partial charge in [-0.05, 0) is 37.1 Å². The number of likely N-dealkylation sites (tertiary alicyclic amines) is 1. The Morgan fingerprint density at radius 3 is 2.85 bits per heavy atom. The Kier molecular flexibility index (Phi) is 5.60. The first-order chi connectivity index (χ1) is 12.6. The Balaban J connectivity index is 1.55. The van der Waals surface area contributed by atoms with Crippen molar-refractivity contribution in [2.24, 2.45) is 5.92 Å². The lowest BCUT2D eigenvalue weighted by atomic mass is 9.98. The molecule has 0 N–H and O–H groups in total. The maximum absolute atomic E-state index is 12.9. The number of nitrogens with zero attached hydrogens (tertiary/aromatic N) is 3. The summed E-state index contributed by atoms with van der Waals surface area (Å²) in [6.45, 7) is 2.77. The minimum absolute atomic E-state index is 0.0459. The van der Waals surface area contributed by atoms with Crippen molar-refractivity contribution in [3.63, 3.8) is 0 Å². The molecule has 0 saturated carbocycles. The molecule has 1 saturated heterocycles. The first-order valence-electron chi connectivity index (χ1n) is 8.59. The third kappa shape index (κ3) is 4.25. The number of carbonyl (C=O) groups is 2. The SMILES string of the molecule is CCC(=O)N1CCCC(C(=O)OCc2noc(-c3ccc(F)cc3)n2)C1. The predicted octanol–water partition coefficient (Wildman–Crippen LogP) is 2.57. The van der Waals surface area contributed by atoms with Gasteiger partial charge in [0, 0.05) is 25.1 Å². The molecule has 1 aliphatic rings. The lowest BCUT2D eigenvalue weighted by Crippen LogP contribution is -2.42. The lowest BCUT2D eigenvalue weighted by Gasteiger charge is -2.31. The van der Waals surface area contributed by atoms with E-state index in [4.69, 9.17) is 9.26 Å². The number of piperidine rings is 1. The van der Waals surface area contributed by atoms with Crippen molar-refractivity contribution in [2.75, 3.05) is 13.1 Å². The van der Waals surface area contributed by atoms with Crippen LogP contribution in [0.3, 0.4) is 0 Å². The maximum atomic E-state index is 12.9. The van der Waals surface area contributed by atoms with Gasteiger partial charge in [0.05, 0.1) is 5.92 Å². The van der Waals surface area contributed by atoms with Crippen molar-refractivity contribution < 1.29 is 23.2 Å². The van der Waals surface area contributed by atoms with Crippen molar-refractivity contribution in [1.82, 2.24) is 15.0 Å². The molecule has 0 spiro atoms. The highest BCUT2D eigenvalue weighted by Gasteiger charge is 2.29. The number of halogens is 1. The minimum atomic E-state index is -0.369. The van der Waals surface area contributed by atoms with Gasteiger partial charge in [-0.2, -0.15) is 4.98 Å². The number of benzene rings is 1. The van der Waals surface area contributed by atoms with E-state index in [0.29, 0.717) is 31.5 Å². The van der Waals surface area contributed by atoms with Crippen LogP contribution in [0.15, 0.2) is 28.8 Å². The van der Waals surface area contributed by atoms with E-state index in [1.54, 1.807) is 11.8 Å². The predicted molar refractivity (Wildman–Crippen MR) is 89.1 cm³/mol. The van der Waals surface area contributed by atoms with Crippen LogP contribution in [0, 0.1) is 11.7 Å². The molecular formula is C18H20FN3O4. The van der Waals surface area contributed by atoms with Crippen LogP contribution in [-0.2, 0) is 20.9 Å². The Morgan fingerprint density at radius 2 is 2.12 bits per heavy atom. The number of amides is 1. The van der Waals surface area contributed by atoms with E-state index in [1.807, 2.05) is 0 Å². The van der Waals surface area contributed by atoms with Crippen molar-refractivity contribution in [1.29, 1.82) is 0 Å². The zero-order chi connectivity index (χ0) is 18.5. The molecule has 1 aromatic heterocycles. The average molecular weight is 361 g/mol. The van der Waals surface area contributed by atoms with Gasteiger partial charge in [0.2, 0.25) is 11.7 Å². The number of aromatic nitrogens is 2. The molecule has 1 fully saturated rings. The van der Waals surface area contributed by atoms with Gasteiger partial charge >= 0.3 is 5.97 Å². The van der Waals surface area contributed by atoms with E-state index >= 15 is 0 Å². The topological polar surface area (TPSA) is 85.5 Å². The first kappa shape index (κ1) is 18.0. The van der Waals surface area contributed by atoms with Crippen LogP contribution in [0.4, 0.5) is 4.39 Å². The summed E-state index contributed by atoms with van der Waals surface area (Å²) in [5.74, 6) is -0.548. The van der Waals surface area contributed by atoms with E-state index in [2.05, 4.69) is 10.1 Å². The van der Waals surface area contributed by atoms with Crippen LogP contribution in [0.5, 0.6) is 0 Å². The molecule has 138 valence electrons. The summed E-state index contributed by atoms with van der Waals surface area (Å²) in [6.07, 6.45) is 1.90. The summed E-state index contributed by atoms with van der Waals surface area (Å²) >= 11 is 0. The average Bonchev–Trinajstić information content (AvgIpc) is 3.15. The van der Waals surface area contributed by atoms with Crippen LogP contribution >= 0.6 is 0 Å². The summed E-state index contributed by atoms with van der Waals surface area (Å²) in [5, 5.41) is 3.77. The third-order valence-electron chi connectivity index (χ3n) is 4.31. The van der Waals surface area contributed by atoms with E-state index in [-0.39, 0.29) is 41.9 Å².